The monoisotopic (exact) mass is 235 g/mol. The second-order valence-electron chi connectivity index (χ2n) is 3.60. The van der Waals surface area contributed by atoms with E-state index in [0.717, 1.165) is 0 Å². The van der Waals surface area contributed by atoms with Crippen molar-refractivity contribution in [2.75, 3.05) is 6.26 Å². The first-order valence-electron chi connectivity index (χ1n) is 4.91. The van der Waals surface area contributed by atoms with Crippen LogP contribution in [0.25, 0.3) is 0 Å². The molecule has 1 aromatic carbocycles. The molecule has 0 fully saturated rings. The highest BCUT2D eigenvalue weighted by molar-refractivity contribution is 7.99. The fourth-order valence-corrected chi connectivity index (χ4v) is 2.18. The lowest BCUT2D eigenvalue weighted by Gasteiger charge is -2.26. The Morgan fingerprint density at radius 2 is 2.19 bits per heavy atom. The van der Waals surface area contributed by atoms with Crippen molar-refractivity contribution < 1.29 is 4.79 Å². The Kier molecular flexibility index (Phi) is 2.98. The van der Waals surface area contributed by atoms with Gasteiger partial charge in [-0.15, -0.1) is 11.8 Å². The van der Waals surface area contributed by atoms with Crippen LogP contribution in [0.4, 0.5) is 0 Å². The first-order valence-corrected chi connectivity index (χ1v) is 6.13. The van der Waals surface area contributed by atoms with Crippen LogP contribution in [0.15, 0.2) is 35.4 Å². The number of carbonyl (C=O) groups excluding carboxylic acids is 1. The number of hydrogen-bond donors (Lipinski definition) is 2. The van der Waals surface area contributed by atoms with Crippen molar-refractivity contribution in [1.29, 1.82) is 0 Å². The number of nitrogens with zero attached hydrogens (tertiary/aromatic N) is 1. The van der Waals surface area contributed by atoms with E-state index in [1.54, 1.807) is 18.3 Å². The lowest BCUT2D eigenvalue weighted by molar-refractivity contribution is 0.0936. The molecule has 2 unspecified atom stereocenters. The molecule has 0 amide bonds. The van der Waals surface area contributed by atoms with E-state index in [2.05, 4.69) is 10.5 Å². The zero-order chi connectivity index (χ0) is 11.6. The number of nitrogens with two attached hydrogens (primary N) is 1. The van der Waals surface area contributed by atoms with E-state index in [9.17, 15) is 4.79 Å². The Hall–Kier alpha value is -1.33. The highest BCUT2D eigenvalue weighted by atomic mass is 32.2. The second-order valence-corrected chi connectivity index (χ2v) is 4.68. The predicted octanol–water partition coefficient (Wildman–Crippen LogP) is 1.05. The Morgan fingerprint density at radius 3 is 2.81 bits per heavy atom. The maximum Gasteiger partial charge on any atom is 0.176 e. The van der Waals surface area contributed by atoms with E-state index in [0.29, 0.717) is 5.56 Å². The van der Waals surface area contributed by atoms with Crippen molar-refractivity contribution in [1.82, 2.24) is 5.43 Å². The molecule has 4 nitrogen and oxygen atoms in total. The Balaban J connectivity index is 2.26. The fraction of sp³-hybridized carbons (Fsp3) is 0.273. The van der Waals surface area contributed by atoms with Gasteiger partial charge in [0.2, 0.25) is 0 Å². The number of Topliss-reactive ketones (excluding diaryl/α,β-unsaturated/α-hetero) is 1. The van der Waals surface area contributed by atoms with E-state index in [4.69, 9.17) is 5.73 Å². The molecule has 0 bridgehead atoms. The number of ketones is 1. The van der Waals surface area contributed by atoms with Crippen molar-refractivity contribution in [3.05, 3.63) is 35.9 Å². The van der Waals surface area contributed by atoms with Gasteiger partial charge in [0, 0.05) is 11.8 Å². The largest absolute Gasteiger partial charge is 0.298 e. The highest BCUT2D eigenvalue weighted by Crippen LogP contribution is 2.28. The summed E-state index contributed by atoms with van der Waals surface area (Å²) < 4.78 is 0. The summed E-state index contributed by atoms with van der Waals surface area (Å²) >= 11 is 1.39. The average Bonchev–Trinajstić information content (AvgIpc) is 2.72. The summed E-state index contributed by atoms with van der Waals surface area (Å²) in [5.74, 6) is -0.434. The van der Waals surface area contributed by atoms with Crippen molar-refractivity contribution in [3.63, 3.8) is 0 Å². The van der Waals surface area contributed by atoms with E-state index in [1.165, 1.54) is 11.8 Å². The van der Waals surface area contributed by atoms with E-state index < -0.39 is 10.9 Å². The topological polar surface area (TPSA) is 67.5 Å². The van der Waals surface area contributed by atoms with Gasteiger partial charge in [0.05, 0.1) is 0 Å². The lowest BCUT2D eigenvalue weighted by atomic mass is 9.97. The minimum absolute atomic E-state index is 0.00815. The van der Waals surface area contributed by atoms with Crippen LogP contribution in [0, 0.1) is 5.92 Å². The van der Waals surface area contributed by atoms with E-state index in [1.807, 2.05) is 24.5 Å². The van der Waals surface area contributed by atoms with Crippen LogP contribution in [0.5, 0.6) is 0 Å². The van der Waals surface area contributed by atoms with Crippen LogP contribution in [0.2, 0.25) is 0 Å². The second kappa shape index (κ2) is 4.27. The molecule has 1 aliphatic heterocycles. The molecule has 0 spiro atoms. The highest BCUT2D eigenvalue weighted by Gasteiger charge is 2.41. The van der Waals surface area contributed by atoms with Gasteiger partial charge in [-0.2, -0.15) is 5.10 Å². The summed E-state index contributed by atoms with van der Waals surface area (Å²) in [5.41, 5.74) is 9.48. The lowest BCUT2D eigenvalue weighted by Crippen LogP contribution is -2.53. The number of hydrogen-bond acceptors (Lipinski definition) is 5. The van der Waals surface area contributed by atoms with Gasteiger partial charge in [-0.05, 0) is 6.26 Å². The summed E-state index contributed by atoms with van der Waals surface area (Å²) in [4.78, 5) is 11.4. The van der Waals surface area contributed by atoms with Crippen molar-refractivity contribution >= 4 is 23.8 Å². The van der Waals surface area contributed by atoms with Crippen LogP contribution < -0.4 is 11.2 Å². The Morgan fingerprint density at radius 1 is 1.50 bits per heavy atom. The third-order valence-electron chi connectivity index (χ3n) is 2.60. The molecule has 1 heterocycles. The van der Waals surface area contributed by atoms with Crippen molar-refractivity contribution in [2.24, 2.45) is 16.8 Å². The molecule has 0 aliphatic carbocycles. The smallest absolute Gasteiger partial charge is 0.176 e. The van der Waals surface area contributed by atoms with Gasteiger partial charge in [-0.25, -0.2) is 0 Å². The minimum atomic E-state index is -0.826. The summed E-state index contributed by atoms with van der Waals surface area (Å²) in [6.07, 6.45) is 3.43. The third kappa shape index (κ3) is 1.83. The predicted molar refractivity (Wildman–Crippen MR) is 66.3 cm³/mol. The third-order valence-corrected chi connectivity index (χ3v) is 3.62. The SMILES string of the molecule is CSC1(N)NN=CC1C(=O)c1ccccc1. The molecule has 1 aliphatic rings. The molecule has 0 aromatic heterocycles. The Labute approximate surface area is 98.3 Å². The summed E-state index contributed by atoms with van der Waals surface area (Å²) in [5, 5.41) is 3.89. The summed E-state index contributed by atoms with van der Waals surface area (Å²) in [6, 6.07) is 9.13. The quantitative estimate of drug-likeness (QED) is 0.607. The maximum atomic E-state index is 12.2. The molecule has 0 saturated carbocycles. The summed E-state index contributed by atoms with van der Waals surface area (Å²) in [6.45, 7) is 0. The van der Waals surface area contributed by atoms with Crippen molar-refractivity contribution in [3.8, 4) is 0 Å². The van der Waals surface area contributed by atoms with Gasteiger partial charge in [-0.1, -0.05) is 30.3 Å². The van der Waals surface area contributed by atoms with Crippen LogP contribution in [-0.2, 0) is 0 Å². The zero-order valence-corrected chi connectivity index (χ0v) is 9.70. The first kappa shape index (κ1) is 11.2. The standard InChI is InChI=1S/C11H13N3OS/c1-16-11(12)9(7-13-14-11)10(15)8-5-3-2-4-6-8/h2-7,9,14H,12H2,1H3. The van der Waals surface area contributed by atoms with Gasteiger partial charge in [-0.3, -0.25) is 16.0 Å². The molecule has 2 atom stereocenters. The van der Waals surface area contributed by atoms with Crippen LogP contribution >= 0.6 is 11.8 Å². The number of thioether (sulfide) groups is 1. The van der Waals surface area contributed by atoms with Crippen LogP contribution in [0.1, 0.15) is 10.4 Å². The van der Waals surface area contributed by atoms with E-state index >= 15 is 0 Å². The minimum Gasteiger partial charge on any atom is -0.298 e. The summed E-state index contributed by atoms with van der Waals surface area (Å²) in [7, 11) is 0. The normalized spacial score (nSPS) is 27.8. The molecule has 84 valence electrons. The molecule has 2 rings (SSSR count). The molecule has 1 aromatic rings. The van der Waals surface area contributed by atoms with Crippen LogP contribution in [0.3, 0.4) is 0 Å². The zero-order valence-electron chi connectivity index (χ0n) is 8.88. The number of rotatable bonds is 3. The first-order chi connectivity index (χ1) is 7.67. The molecule has 0 radical (unpaired) electrons. The molecule has 16 heavy (non-hydrogen) atoms. The van der Waals surface area contributed by atoms with Gasteiger partial charge in [0.25, 0.3) is 0 Å². The van der Waals surface area contributed by atoms with Gasteiger partial charge < -0.3 is 0 Å². The maximum absolute atomic E-state index is 12.2. The number of nitrogens with one attached hydrogen (secondary N) is 1. The van der Waals surface area contributed by atoms with Crippen LogP contribution in [-0.4, -0.2) is 23.2 Å². The van der Waals surface area contributed by atoms with Gasteiger partial charge >= 0.3 is 0 Å². The van der Waals surface area contributed by atoms with E-state index in [-0.39, 0.29) is 5.78 Å². The molecule has 3 N–H and O–H groups in total. The van der Waals surface area contributed by atoms with Gasteiger partial charge in [0.15, 0.2) is 10.8 Å². The Bertz CT molecular complexity index is 420. The number of benzene rings is 1. The van der Waals surface area contributed by atoms with Gasteiger partial charge in [0.1, 0.15) is 5.92 Å². The number of hydrazone groups is 1. The number of carbonyl (C=O) groups is 1. The van der Waals surface area contributed by atoms with Crippen molar-refractivity contribution in [2.45, 2.75) is 4.99 Å². The molecular formula is C11H13N3OS. The average molecular weight is 235 g/mol. The molecule has 0 saturated heterocycles. The molecular weight excluding hydrogens is 222 g/mol. The fourth-order valence-electron chi connectivity index (χ4n) is 1.61. The molecule has 5 heteroatoms.